The molecule has 2 bridgehead atoms. The third kappa shape index (κ3) is 3.23. The van der Waals surface area contributed by atoms with Gasteiger partial charge in [0.2, 0.25) is 5.91 Å². The van der Waals surface area contributed by atoms with Crippen molar-refractivity contribution >= 4 is 28.2 Å². The smallest absolute Gasteiger partial charge is 0.341 e. The fourth-order valence-electron chi connectivity index (χ4n) is 4.91. The van der Waals surface area contributed by atoms with Crippen molar-refractivity contribution in [3.05, 3.63) is 16.0 Å². The maximum atomic E-state index is 12.9. The summed E-state index contributed by atoms with van der Waals surface area (Å²) >= 11 is 1.59. The number of carbonyl (C=O) groups excluding carboxylic acids is 2. The third-order valence-electron chi connectivity index (χ3n) is 6.03. The number of hydrogen-bond donors (Lipinski definition) is 1. The van der Waals surface area contributed by atoms with Crippen molar-refractivity contribution in [1.29, 1.82) is 0 Å². The van der Waals surface area contributed by atoms with Crippen molar-refractivity contribution in [2.75, 3.05) is 5.32 Å². The summed E-state index contributed by atoms with van der Waals surface area (Å²) in [6.45, 7) is 3.73. The van der Waals surface area contributed by atoms with Gasteiger partial charge in [-0.25, -0.2) is 4.79 Å². The Kier molecular flexibility index (Phi) is 4.61. The Balaban J connectivity index is 1.58. The standard InChI is InChI=1S/C20H27NO3S/c1-11(2)24-20(23)17-14-5-3-4-6-16(14)25-19(17)21-18(22)15-10-12-7-8-13(15)9-12/h11-13,15H,3-10H2,1-2H3,(H,21,22)/t12-,13-,15+/m0/s1. The predicted molar refractivity (Wildman–Crippen MR) is 99.1 cm³/mol. The molecule has 136 valence electrons. The first-order valence-corrected chi connectivity index (χ1v) is 10.5. The third-order valence-corrected chi connectivity index (χ3v) is 7.24. The first-order valence-electron chi connectivity index (χ1n) is 9.69. The molecule has 0 aromatic carbocycles. The van der Waals surface area contributed by atoms with E-state index < -0.39 is 0 Å². The number of nitrogens with one attached hydrogen (secondary N) is 1. The Morgan fingerprint density at radius 3 is 2.64 bits per heavy atom. The molecular formula is C20H27NO3S. The summed E-state index contributed by atoms with van der Waals surface area (Å²) in [5.41, 5.74) is 1.75. The first-order chi connectivity index (χ1) is 12.0. The van der Waals surface area contributed by atoms with Crippen molar-refractivity contribution in [3.63, 3.8) is 0 Å². The highest BCUT2D eigenvalue weighted by atomic mass is 32.1. The van der Waals surface area contributed by atoms with Gasteiger partial charge in [0, 0.05) is 10.8 Å². The molecular weight excluding hydrogens is 334 g/mol. The van der Waals surface area contributed by atoms with E-state index in [1.54, 1.807) is 11.3 Å². The lowest BCUT2D eigenvalue weighted by atomic mass is 9.88. The highest BCUT2D eigenvalue weighted by Crippen LogP contribution is 2.49. The van der Waals surface area contributed by atoms with Gasteiger partial charge in [-0.3, -0.25) is 4.79 Å². The summed E-state index contributed by atoms with van der Waals surface area (Å²) in [6, 6.07) is 0. The van der Waals surface area contributed by atoms with E-state index in [0.29, 0.717) is 11.5 Å². The van der Waals surface area contributed by atoms with Crippen molar-refractivity contribution < 1.29 is 14.3 Å². The number of hydrogen-bond acceptors (Lipinski definition) is 4. The predicted octanol–water partition coefficient (Wildman–Crippen LogP) is 4.57. The fourth-order valence-corrected chi connectivity index (χ4v) is 6.19. The number of aryl methyl sites for hydroxylation is 1. The number of ether oxygens (including phenoxy) is 1. The van der Waals surface area contributed by atoms with Crippen LogP contribution in [-0.4, -0.2) is 18.0 Å². The van der Waals surface area contributed by atoms with Crippen LogP contribution in [0.25, 0.3) is 0 Å². The molecule has 3 atom stereocenters. The van der Waals surface area contributed by atoms with Crippen LogP contribution in [0.1, 0.15) is 73.2 Å². The fraction of sp³-hybridized carbons (Fsp3) is 0.700. The van der Waals surface area contributed by atoms with E-state index in [0.717, 1.165) is 48.6 Å². The van der Waals surface area contributed by atoms with Crippen molar-refractivity contribution in [2.24, 2.45) is 17.8 Å². The van der Waals surface area contributed by atoms with Crippen molar-refractivity contribution in [3.8, 4) is 0 Å². The van der Waals surface area contributed by atoms with Gasteiger partial charge in [-0.05, 0) is 76.2 Å². The molecule has 0 spiro atoms. The van der Waals surface area contributed by atoms with Crippen LogP contribution < -0.4 is 5.32 Å². The molecule has 1 aromatic rings. The minimum absolute atomic E-state index is 0.115. The van der Waals surface area contributed by atoms with Gasteiger partial charge in [0.15, 0.2) is 0 Å². The highest BCUT2D eigenvalue weighted by Gasteiger charge is 2.43. The normalized spacial score (nSPS) is 27.4. The van der Waals surface area contributed by atoms with Crippen LogP contribution in [0.3, 0.4) is 0 Å². The van der Waals surface area contributed by atoms with Crippen LogP contribution in [0.15, 0.2) is 0 Å². The molecule has 3 aliphatic rings. The molecule has 3 aliphatic carbocycles. The van der Waals surface area contributed by atoms with E-state index in [-0.39, 0.29) is 23.9 Å². The van der Waals surface area contributed by atoms with Crippen molar-refractivity contribution in [1.82, 2.24) is 0 Å². The van der Waals surface area contributed by atoms with Crippen LogP contribution in [0.2, 0.25) is 0 Å². The molecule has 25 heavy (non-hydrogen) atoms. The monoisotopic (exact) mass is 361 g/mol. The molecule has 2 fully saturated rings. The van der Waals surface area contributed by atoms with E-state index in [2.05, 4.69) is 5.32 Å². The molecule has 0 radical (unpaired) electrons. The summed E-state index contributed by atoms with van der Waals surface area (Å²) in [7, 11) is 0. The Morgan fingerprint density at radius 1 is 1.16 bits per heavy atom. The minimum Gasteiger partial charge on any atom is -0.459 e. The lowest BCUT2D eigenvalue weighted by Crippen LogP contribution is -2.27. The Labute approximate surface area is 153 Å². The van der Waals surface area contributed by atoms with Crippen LogP contribution in [0, 0.1) is 17.8 Å². The molecule has 0 saturated heterocycles. The maximum absolute atomic E-state index is 12.9. The van der Waals surface area contributed by atoms with E-state index in [1.807, 2.05) is 13.8 Å². The highest BCUT2D eigenvalue weighted by molar-refractivity contribution is 7.17. The van der Waals surface area contributed by atoms with Crippen LogP contribution in [0.5, 0.6) is 0 Å². The van der Waals surface area contributed by atoms with Crippen molar-refractivity contribution in [2.45, 2.75) is 71.3 Å². The van der Waals surface area contributed by atoms with Gasteiger partial charge in [0.25, 0.3) is 0 Å². The second-order valence-electron chi connectivity index (χ2n) is 8.14. The Morgan fingerprint density at radius 2 is 1.96 bits per heavy atom. The molecule has 1 N–H and O–H groups in total. The molecule has 1 amide bonds. The van der Waals surface area contributed by atoms with Crippen LogP contribution >= 0.6 is 11.3 Å². The average Bonchev–Trinajstić information content (AvgIpc) is 3.27. The number of anilines is 1. The Hall–Kier alpha value is -1.36. The SMILES string of the molecule is CC(C)OC(=O)c1c(NC(=O)[C@@H]2C[C@H]3CC[C@H]2C3)sc2c1CCCC2. The molecule has 0 unspecified atom stereocenters. The molecule has 5 heteroatoms. The molecule has 1 aromatic heterocycles. The lowest BCUT2D eigenvalue weighted by molar-refractivity contribution is -0.121. The van der Waals surface area contributed by atoms with E-state index >= 15 is 0 Å². The number of esters is 1. The van der Waals surface area contributed by atoms with Gasteiger partial charge >= 0.3 is 5.97 Å². The topological polar surface area (TPSA) is 55.4 Å². The number of rotatable bonds is 4. The zero-order valence-electron chi connectivity index (χ0n) is 15.1. The van der Waals surface area contributed by atoms with Crippen LogP contribution in [-0.2, 0) is 22.4 Å². The Bertz CT molecular complexity index is 693. The van der Waals surface area contributed by atoms with Gasteiger partial charge < -0.3 is 10.1 Å². The largest absolute Gasteiger partial charge is 0.459 e. The zero-order valence-corrected chi connectivity index (χ0v) is 15.9. The maximum Gasteiger partial charge on any atom is 0.341 e. The van der Waals surface area contributed by atoms with Gasteiger partial charge in [-0.1, -0.05) is 6.42 Å². The number of thiophene rings is 1. The number of fused-ring (bicyclic) bond motifs is 3. The molecule has 0 aliphatic heterocycles. The lowest BCUT2D eigenvalue weighted by Gasteiger charge is -2.20. The summed E-state index contributed by atoms with van der Waals surface area (Å²) in [5.74, 6) is 1.25. The molecule has 1 heterocycles. The van der Waals surface area contributed by atoms with Gasteiger partial charge in [-0.15, -0.1) is 11.3 Å². The average molecular weight is 362 g/mol. The van der Waals surface area contributed by atoms with E-state index in [1.165, 1.54) is 24.1 Å². The summed E-state index contributed by atoms with van der Waals surface area (Å²) in [5, 5.41) is 3.85. The zero-order chi connectivity index (χ0) is 17.6. The summed E-state index contributed by atoms with van der Waals surface area (Å²) in [6.07, 6.45) is 8.73. The number of carbonyl (C=O) groups is 2. The van der Waals surface area contributed by atoms with E-state index in [9.17, 15) is 9.59 Å². The van der Waals surface area contributed by atoms with Gasteiger partial charge in [0.1, 0.15) is 5.00 Å². The minimum atomic E-state index is -0.280. The molecule has 2 saturated carbocycles. The summed E-state index contributed by atoms with van der Waals surface area (Å²) < 4.78 is 5.47. The first kappa shape index (κ1) is 17.1. The molecule has 4 nitrogen and oxygen atoms in total. The molecule has 4 rings (SSSR count). The van der Waals surface area contributed by atoms with E-state index in [4.69, 9.17) is 4.74 Å². The quantitative estimate of drug-likeness (QED) is 0.800. The van der Waals surface area contributed by atoms with Gasteiger partial charge in [0.05, 0.1) is 11.7 Å². The second-order valence-corrected chi connectivity index (χ2v) is 9.24. The van der Waals surface area contributed by atoms with Gasteiger partial charge in [-0.2, -0.15) is 0 Å². The summed E-state index contributed by atoms with van der Waals surface area (Å²) in [4.78, 5) is 26.8. The second kappa shape index (κ2) is 6.75. The van der Waals surface area contributed by atoms with Crippen LogP contribution in [0.4, 0.5) is 5.00 Å². The number of amides is 1.